The van der Waals surface area contributed by atoms with Crippen LogP contribution in [0.15, 0.2) is 36.4 Å². The Hall–Kier alpha value is -2.40. The molecule has 1 unspecified atom stereocenters. The van der Waals surface area contributed by atoms with Gasteiger partial charge >= 0.3 is 0 Å². The van der Waals surface area contributed by atoms with Crippen molar-refractivity contribution in [1.82, 2.24) is 0 Å². The highest BCUT2D eigenvalue weighted by Gasteiger charge is 2.18. The summed E-state index contributed by atoms with van der Waals surface area (Å²) in [5.74, 6) is 3.10. The van der Waals surface area contributed by atoms with Gasteiger partial charge in [-0.25, -0.2) is 0 Å². The van der Waals surface area contributed by atoms with E-state index in [1.807, 2.05) is 36.4 Å². The van der Waals surface area contributed by atoms with Crippen LogP contribution in [0.3, 0.4) is 0 Å². The van der Waals surface area contributed by atoms with Crippen LogP contribution in [0.2, 0.25) is 0 Å². The molecule has 1 atom stereocenters. The lowest BCUT2D eigenvalue weighted by Gasteiger charge is -2.13. The van der Waals surface area contributed by atoms with Gasteiger partial charge in [0.25, 0.3) is 0 Å². The van der Waals surface area contributed by atoms with Crippen LogP contribution in [0.5, 0.6) is 23.0 Å². The molecule has 0 saturated carbocycles. The lowest BCUT2D eigenvalue weighted by atomic mass is 9.99. The van der Waals surface area contributed by atoms with Crippen molar-refractivity contribution in [2.45, 2.75) is 12.5 Å². The fraction of sp³-hybridized carbons (Fsp3) is 0.250. The minimum atomic E-state index is -0.111. The third-order valence-electron chi connectivity index (χ3n) is 3.72. The smallest absolute Gasteiger partial charge is 0.231 e. The molecule has 0 radical (unpaired) electrons. The molecule has 2 aromatic rings. The SMILES string of the molecule is NC(Cc1ccc2c(c1)OCO2)c1ccc2c(c1)OCO2. The number of hydrogen-bond acceptors (Lipinski definition) is 5. The maximum Gasteiger partial charge on any atom is 0.231 e. The average molecular weight is 285 g/mol. The molecular formula is C16H15NO4. The molecule has 2 aliphatic heterocycles. The average Bonchev–Trinajstić information content (AvgIpc) is 3.14. The molecule has 2 heterocycles. The second kappa shape index (κ2) is 4.86. The molecule has 0 bridgehead atoms. The van der Waals surface area contributed by atoms with E-state index >= 15 is 0 Å². The van der Waals surface area contributed by atoms with E-state index in [-0.39, 0.29) is 19.6 Å². The number of benzene rings is 2. The minimum absolute atomic E-state index is 0.111. The summed E-state index contributed by atoms with van der Waals surface area (Å²) in [5.41, 5.74) is 8.44. The molecule has 5 nitrogen and oxygen atoms in total. The maximum atomic E-state index is 6.30. The Morgan fingerprint density at radius 1 is 0.810 bits per heavy atom. The zero-order valence-electron chi connectivity index (χ0n) is 11.4. The van der Waals surface area contributed by atoms with Crippen molar-refractivity contribution in [2.24, 2.45) is 5.73 Å². The molecule has 0 fully saturated rings. The third-order valence-corrected chi connectivity index (χ3v) is 3.72. The number of ether oxygens (including phenoxy) is 4. The van der Waals surface area contributed by atoms with E-state index in [0.29, 0.717) is 0 Å². The molecular weight excluding hydrogens is 270 g/mol. The number of fused-ring (bicyclic) bond motifs is 2. The van der Waals surface area contributed by atoms with E-state index in [1.54, 1.807) is 0 Å². The van der Waals surface area contributed by atoms with Crippen LogP contribution in [0, 0.1) is 0 Å². The summed E-state index contributed by atoms with van der Waals surface area (Å²) in [6.45, 7) is 0.559. The highest BCUT2D eigenvalue weighted by atomic mass is 16.7. The van der Waals surface area contributed by atoms with E-state index in [2.05, 4.69) is 0 Å². The van der Waals surface area contributed by atoms with Gasteiger partial charge in [-0.15, -0.1) is 0 Å². The largest absolute Gasteiger partial charge is 0.454 e. The zero-order valence-corrected chi connectivity index (χ0v) is 11.4. The molecule has 21 heavy (non-hydrogen) atoms. The van der Waals surface area contributed by atoms with E-state index in [9.17, 15) is 0 Å². The van der Waals surface area contributed by atoms with Crippen molar-refractivity contribution >= 4 is 0 Å². The summed E-state index contributed by atoms with van der Waals surface area (Å²) >= 11 is 0. The molecule has 0 aliphatic carbocycles. The Morgan fingerprint density at radius 2 is 1.43 bits per heavy atom. The second-order valence-corrected chi connectivity index (χ2v) is 5.11. The van der Waals surface area contributed by atoms with Crippen LogP contribution in [-0.2, 0) is 6.42 Å². The van der Waals surface area contributed by atoms with Gasteiger partial charge in [-0.1, -0.05) is 12.1 Å². The number of rotatable bonds is 3. The first-order valence-electron chi connectivity index (χ1n) is 6.83. The third kappa shape index (κ3) is 2.25. The summed E-state index contributed by atoms with van der Waals surface area (Å²) in [6.07, 6.45) is 0.719. The van der Waals surface area contributed by atoms with Gasteiger partial charge in [0, 0.05) is 6.04 Å². The van der Waals surface area contributed by atoms with E-state index in [4.69, 9.17) is 24.7 Å². The Kier molecular flexibility index (Phi) is 2.86. The Morgan fingerprint density at radius 3 is 2.19 bits per heavy atom. The second-order valence-electron chi connectivity index (χ2n) is 5.11. The van der Waals surface area contributed by atoms with Crippen molar-refractivity contribution in [3.8, 4) is 23.0 Å². The Bertz CT molecular complexity index is 686. The normalized spacial score (nSPS) is 16.0. The van der Waals surface area contributed by atoms with Crippen LogP contribution < -0.4 is 24.7 Å². The molecule has 2 aromatic carbocycles. The predicted octanol–water partition coefficient (Wildman–Crippen LogP) is 2.39. The fourth-order valence-electron chi connectivity index (χ4n) is 2.58. The van der Waals surface area contributed by atoms with Crippen molar-refractivity contribution in [2.75, 3.05) is 13.6 Å². The van der Waals surface area contributed by atoms with Crippen LogP contribution in [0.25, 0.3) is 0 Å². The molecule has 4 rings (SSSR count). The summed E-state index contributed by atoms with van der Waals surface area (Å²) in [7, 11) is 0. The van der Waals surface area contributed by atoms with Crippen LogP contribution in [0.1, 0.15) is 17.2 Å². The minimum Gasteiger partial charge on any atom is -0.454 e. The Balaban J connectivity index is 1.54. The highest BCUT2D eigenvalue weighted by Crippen LogP contribution is 2.36. The molecule has 108 valence electrons. The molecule has 0 spiro atoms. The first-order chi connectivity index (χ1) is 10.3. The topological polar surface area (TPSA) is 62.9 Å². The molecule has 2 N–H and O–H groups in total. The van der Waals surface area contributed by atoms with Crippen LogP contribution >= 0.6 is 0 Å². The van der Waals surface area contributed by atoms with Crippen molar-refractivity contribution < 1.29 is 18.9 Å². The fourth-order valence-corrected chi connectivity index (χ4v) is 2.58. The number of nitrogens with two attached hydrogens (primary N) is 1. The highest BCUT2D eigenvalue weighted by molar-refractivity contribution is 5.47. The van der Waals surface area contributed by atoms with Gasteiger partial charge in [0.2, 0.25) is 13.6 Å². The van der Waals surface area contributed by atoms with Crippen molar-refractivity contribution in [3.63, 3.8) is 0 Å². The molecule has 0 amide bonds. The van der Waals surface area contributed by atoms with Crippen molar-refractivity contribution in [1.29, 1.82) is 0 Å². The van der Waals surface area contributed by atoms with Gasteiger partial charge in [0.1, 0.15) is 0 Å². The predicted molar refractivity (Wildman–Crippen MR) is 75.8 cm³/mol. The maximum absolute atomic E-state index is 6.30. The lowest BCUT2D eigenvalue weighted by molar-refractivity contribution is 0.173. The van der Waals surface area contributed by atoms with Crippen LogP contribution in [-0.4, -0.2) is 13.6 Å². The molecule has 2 aliphatic rings. The molecule has 0 saturated heterocycles. The Labute approximate surface area is 122 Å². The molecule has 5 heteroatoms. The van der Waals surface area contributed by atoms with Gasteiger partial charge in [0.15, 0.2) is 23.0 Å². The zero-order chi connectivity index (χ0) is 14.2. The standard InChI is InChI=1S/C16H15NO4/c17-12(11-2-4-14-16(7-11)21-9-19-14)5-10-1-3-13-15(6-10)20-8-18-13/h1-4,6-7,12H,5,8-9,17H2. The first kappa shape index (κ1) is 12.3. The van der Waals surface area contributed by atoms with E-state index in [0.717, 1.165) is 40.5 Å². The van der Waals surface area contributed by atoms with Gasteiger partial charge in [0.05, 0.1) is 0 Å². The van der Waals surface area contributed by atoms with Gasteiger partial charge in [-0.2, -0.15) is 0 Å². The monoisotopic (exact) mass is 285 g/mol. The molecule has 0 aromatic heterocycles. The summed E-state index contributed by atoms with van der Waals surface area (Å²) in [4.78, 5) is 0. The lowest BCUT2D eigenvalue weighted by Crippen LogP contribution is -2.13. The summed E-state index contributed by atoms with van der Waals surface area (Å²) < 4.78 is 21.4. The van der Waals surface area contributed by atoms with Gasteiger partial charge in [-0.3, -0.25) is 0 Å². The number of hydrogen-bond donors (Lipinski definition) is 1. The van der Waals surface area contributed by atoms with Crippen molar-refractivity contribution in [3.05, 3.63) is 47.5 Å². The van der Waals surface area contributed by atoms with Gasteiger partial charge in [-0.05, 0) is 41.8 Å². The van der Waals surface area contributed by atoms with Gasteiger partial charge < -0.3 is 24.7 Å². The van der Waals surface area contributed by atoms with Crippen LogP contribution in [0.4, 0.5) is 0 Å². The summed E-state index contributed by atoms with van der Waals surface area (Å²) in [5, 5.41) is 0. The quantitative estimate of drug-likeness (QED) is 0.938. The van der Waals surface area contributed by atoms with E-state index < -0.39 is 0 Å². The van der Waals surface area contributed by atoms with E-state index in [1.165, 1.54) is 0 Å². The summed E-state index contributed by atoms with van der Waals surface area (Å²) in [6, 6.07) is 11.6. The first-order valence-corrected chi connectivity index (χ1v) is 6.83.